The molecule has 0 unspecified atom stereocenters. The van der Waals surface area contributed by atoms with E-state index in [2.05, 4.69) is 16.3 Å². The molecule has 1 saturated heterocycles. The molecule has 3 rings (SSSR count). The van der Waals surface area contributed by atoms with Crippen LogP contribution in [0.1, 0.15) is 29.6 Å². The third-order valence-corrected chi connectivity index (χ3v) is 4.46. The lowest BCUT2D eigenvalue weighted by Gasteiger charge is -2.30. The van der Waals surface area contributed by atoms with Crippen LogP contribution in [0.5, 0.6) is 11.5 Å². The smallest absolute Gasteiger partial charge is 0.255 e. The summed E-state index contributed by atoms with van der Waals surface area (Å²) in [5.41, 5.74) is 2.41. The Morgan fingerprint density at radius 2 is 1.60 bits per heavy atom. The van der Waals surface area contributed by atoms with Crippen LogP contribution in [0.4, 0.5) is 11.4 Å². The third-order valence-electron chi connectivity index (χ3n) is 4.46. The first-order valence-corrected chi connectivity index (χ1v) is 8.59. The first-order valence-electron chi connectivity index (χ1n) is 8.59. The molecule has 25 heavy (non-hydrogen) atoms. The van der Waals surface area contributed by atoms with Crippen molar-refractivity contribution in [3.63, 3.8) is 0 Å². The topological polar surface area (TPSA) is 50.8 Å². The highest BCUT2D eigenvalue weighted by atomic mass is 16.5. The minimum atomic E-state index is -0.179. The van der Waals surface area contributed by atoms with E-state index in [4.69, 9.17) is 9.47 Å². The molecule has 132 valence electrons. The molecule has 1 aliphatic rings. The highest BCUT2D eigenvalue weighted by Crippen LogP contribution is 2.29. The quantitative estimate of drug-likeness (QED) is 0.895. The van der Waals surface area contributed by atoms with Gasteiger partial charge in [-0.2, -0.15) is 0 Å². The summed E-state index contributed by atoms with van der Waals surface area (Å²) in [4.78, 5) is 15.1. The van der Waals surface area contributed by atoms with E-state index in [1.165, 1.54) is 19.3 Å². The number of carbonyl (C=O) groups is 1. The van der Waals surface area contributed by atoms with Gasteiger partial charge in [-0.05, 0) is 43.5 Å². The lowest BCUT2D eigenvalue weighted by molar-refractivity contribution is 0.102. The first-order chi connectivity index (χ1) is 12.2. The molecule has 0 atom stereocenters. The number of hydrogen-bond donors (Lipinski definition) is 1. The van der Waals surface area contributed by atoms with Crippen molar-refractivity contribution in [2.75, 3.05) is 37.5 Å². The van der Waals surface area contributed by atoms with Crippen molar-refractivity contribution in [1.29, 1.82) is 0 Å². The van der Waals surface area contributed by atoms with Gasteiger partial charge >= 0.3 is 0 Å². The second-order valence-electron chi connectivity index (χ2n) is 6.12. The number of benzene rings is 2. The van der Waals surface area contributed by atoms with E-state index in [0.717, 1.165) is 24.5 Å². The molecule has 5 nitrogen and oxygen atoms in total. The van der Waals surface area contributed by atoms with E-state index >= 15 is 0 Å². The average molecular weight is 340 g/mol. The van der Waals surface area contributed by atoms with E-state index in [9.17, 15) is 4.79 Å². The summed E-state index contributed by atoms with van der Waals surface area (Å²) >= 11 is 0. The number of piperidine rings is 1. The van der Waals surface area contributed by atoms with Crippen LogP contribution in [-0.4, -0.2) is 33.2 Å². The van der Waals surface area contributed by atoms with E-state index < -0.39 is 0 Å². The molecule has 1 N–H and O–H groups in total. The fraction of sp³-hybridized carbons (Fsp3) is 0.350. The van der Waals surface area contributed by atoms with Crippen LogP contribution < -0.4 is 19.7 Å². The number of hydrogen-bond acceptors (Lipinski definition) is 4. The highest BCUT2D eigenvalue weighted by Gasteiger charge is 2.17. The maximum atomic E-state index is 12.7. The number of anilines is 2. The summed E-state index contributed by atoms with van der Waals surface area (Å²) in [6.45, 7) is 2.06. The number of rotatable bonds is 5. The van der Waals surface area contributed by atoms with E-state index in [-0.39, 0.29) is 5.91 Å². The van der Waals surface area contributed by atoms with Crippen molar-refractivity contribution < 1.29 is 14.3 Å². The summed E-state index contributed by atoms with van der Waals surface area (Å²) in [7, 11) is 3.14. The number of carbonyl (C=O) groups excluding carboxylic acids is 1. The second-order valence-corrected chi connectivity index (χ2v) is 6.12. The zero-order chi connectivity index (χ0) is 17.6. The molecule has 0 bridgehead atoms. The molecule has 0 aliphatic carbocycles. The normalized spacial score (nSPS) is 14.1. The molecular weight excluding hydrogens is 316 g/mol. The Labute approximate surface area is 148 Å². The number of para-hydroxylation sites is 2. The van der Waals surface area contributed by atoms with Crippen LogP contribution in [0.3, 0.4) is 0 Å². The molecule has 1 aliphatic heterocycles. The van der Waals surface area contributed by atoms with Crippen molar-refractivity contribution in [2.24, 2.45) is 0 Å². The largest absolute Gasteiger partial charge is 0.497 e. The maximum absolute atomic E-state index is 12.7. The van der Waals surface area contributed by atoms with Gasteiger partial charge in [-0.3, -0.25) is 4.79 Å². The van der Waals surface area contributed by atoms with Crippen molar-refractivity contribution in [1.82, 2.24) is 0 Å². The molecule has 2 aromatic rings. The second kappa shape index (κ2) is 7.92. The van der Waals surface area contributed by atoms with E-state index in [0.29, 0.717) is 17.1 Å². The Balaban J connectivity index is 1.84. The molecule has 0 radical (unpaired) electrons. The predicted molar refractivity (Wildman–Crippen MR) is 100 cm³/mol. The summed E-state index contributed by atoms with van der Waals surface area (Å²) in [6.07, 6.45) is 3.65. The highest BCUT2D eigenvalue weighted by molar-refractivity contribution is 6.06. The van der Waals surface area contributed by atoms with E-state index in [1.807, 2.05) is 18.2 Å². The summed E-state index contributed by atoms with van der Waals surface area (Å²) < 4.78 is 10.5. The van der Waals surface area contributed by atoms with Crippen molar-refractivity contribution in [3.05, 3.63) is 48.0 Å². The van der Waals surface area contributed by atoms with Gasteiger partial charge in [0.05, 0.1) is 25.6 Å². The number of nitrogens with zero attached hydrogens (tertiary/aromatic N) is 1. The number of ether oxygens (including phenoxy) is 2. The Hall–Kier alpha value is -2.69. The van der Waals surface area contributed by atoms with Crippen LogP contribution in [0.25, 0.3) is 0 Å². The van der Waals surface area contributed by atoms with Gasteiger partial charge < -0.3 is 19.7 Å². The molecule has 0 spiro atoms. The Kier molecular flexibility index (Phi) is 5.43. The number of methoxy groups -OCH3 is 2. The van der Waals surface area contributed by atoms with Gasteiger partial charge in [0.25, 0.3) is 5.91 Å². The van der Waals surface area contributed by atoms with Gasteiger partial charge in [0.2, 0.25) is 0 Å². The first kappa shape index (κ1) is 17.1. The van der Waals surface area contributed by atoms with Crippen LogP contribution in [0.15, 0.2) is 42.5 Å². The average Bonchev–Trinajstić information content (AvgIpc) is 2.68. The van der Waals surface area contributed by atoms with Crippen molar-refractivity contribution >= 4 is 17.3 Å². The fourth-order valence-corrected chi connectivity index (χ4v) is 3.12. The van der Waals surface area contributed by atoms with Crippen molar-refractivity contribution in [2.45, 2.75) is 19.3 Å². The van der Waals surface area contributed by atoms with Gasteiger partial charge in [0, 0.05) is 24.7 Å². The fourth-order valence-electron chi connectivity index (χ4n) is 3.12. The van der Waals surface area contributed by atoms with Gasteiger partial charge in [-0.25, -0.2) is 0 Å². The lowest BCUT2D eigenvalue weighted by Crippen LogP contribution is -2.30. The van der Waals surface area contributed by atoms with Gasteiger partial charge in [0.15, 0.2) is 0 Å². The van der Waals surface area contributed by atoms with Crippen molar-refractivity contribution in [3.8, 4) is 11.5 Å². The summed E-state index contributed by atoms with van der Waals surface area (Å²) in [5, 5.41) is 3.04. The standard InChI is InChI=1S/C20H24N2O3/c1-24-16-12-15(13-17(14-16)25-2)20(23)21-18-8-4-5-9-19(18)22-10-6-3-7-11-22/h4-5,8-9,12-14H,3,6-7,10-11H2,1-2H3,(H,21,23). The van der Waals surface area contributed by atoms with Crippen LogP contribution in [-0.2, 0) is 0 Å². The zero-order valence-corrected chi connectivity index (χ0v) is 14.7. The SMILES string of the molecule is COc1cc(OC)cc(C(=O)Nc2ccccc2N2CCCCC2)c1. The summed E-state index contributed by atoms with van der Waals surface area (Å²) in [5.74, 6) is 1.00. The molecule has 1 fully saturated rings. The van der Waals surface area contributed by atoms with Crippen LogP contribution >= 0.6 is 0 Å². The van der Waals surface area contributed by atoms with E-state index in [1.54, 1.807) is 32.4 Å². The molecule has 1 amide bonds. The number of amides is 1. The van der Waals surface area contributed by atoms with Gasteiger partial charge in [-0.1, -0.05) is 12.1 Å². The molecule has 1 heterocycles. The molecule has 5 heteroatoms. The number of nitrogens with one attached hydrogen (secondary N) is 1. The molecule has 2 aromatic carbocycles. The molecular formula is C20H24N2O3. The molecule has 0 aromatic heterocycles. The summed E-state index contributed by atoms with van der Waals surface area (Å²) in [6, 6.07) is 13.1. The Bertz CT molecular complexity index is 717. The van der Waals surface area contributed by atoms with Crippen LogP contribution in [0, 0.1) is 0 Å². The predicted octanol–water partition coefficient (Wildman–Crippen LogP) is 3.95. The Morgan fingerprint density at radius 1 is 0.960 bits per heavy atom. The minimum Gasteiger partial charge on any atom is -0.497 e. The molecule has 0 saturated carbocycles. The minimum absolute atomic E-state index is 0.179. The third kappa shape index (κ3) is 4.05. The lowest BCUT2D eigenvalue weighted by atomic mass is 10.1. The van der Waals surface area contributed by atoms with Crippen LogP contribution in [0.2, 0.25) is 0 Å². The monoisotopic (exact) mass is 340 g/mol. The Morgan fingerprint density at radius 3 is 2.24 bits per heavy atom. The maximum Gasteiger partial charge on any atom is 0.255 e. The van der Waals surface area contributed by atoms with Gasteiger partial charge in [-0.15, -0.1) is 0 Å². The zero-order valence-electron chi connectivity index (χ0n) is 14.7. The van der Waals surface area contributed by atoms with Gasteiger partial charge in [0.1, 0.15) is 11.5 Å².